The quantitative estimate of drug-likeness (QED) is 0.418. The molecular weight excluding hydrogens is 130 g/mol. The number of nitrogen functional groups attached to an aromatic ring is 1. The third kappa shape index (κ3) is 1.15. The Hall–Kier alpha value is -1.32. The highest BCUT2D eigenvalue weighted by molar-refractivity contribution is 5.06. The molecule has 0 bridgehead atoms. The third-order valence-electron chi connectivity index (χ3n) is 1.24. The molecule has 0 aliphatic carbocycles. The smallest absolute Gasteiger partial charge is 0.281 e. The summed E-state index contributed by atoms with van der Waals surface area (Å²) >= 11 is 0. The maximum atomic E-state index is 5.42. The minimum absolute atomic E-state index is 0.521. The van der Waals surface area contributed by atoms with E-state index in [0.717, 1.165) is 5.69 Å². The van der Waals surface area contributed by atoms with Gasteiger partial charge in [-0.15, -0.1) is 0 Å². The molecule has 0 aromatic carbocycles. The standard InChI is InChI=1S/C6H10N3O/c1-5-3-4-6(10-2)8-9(5)7/h3-4H,1-2H3,(H2,7,8)/q+1. The molecule has 0 atom stereocenters. The summed E-state index contributed by atoms with van der Waals surface area (Å²) in [5, 5.41) is 3.86. The number of aryl methyl sites for hydroxylation is 1. The van der Waals surface area contributed by atoms with Crippen LogP contribution in [0.15, 0.2) is 12.1 Å². The number of methoxy groups -OCH3 is 1. The summed E-state index contributed by atoms with van der Waals surface area (Å²) in [7, 11) is 1.55. The van der Waals surface area contributed by atoms with Gasteiger partial charge in [-0.1, -0.05) is 0 Å². The van der Waals surface area contributed by atoms with Gasteiger partial charge in [0.25, 0.3) is 5.88 Å². The molecule has 0 aliphatic heterocycles. The molecule has 54 valence electrons. The van der Waals surface area contributed by atoms with Crippen LogP contribution in [0.3, 0.4) is 0 Å². The van der Waals surface area contributed by atoms with Crippen LogP contribution < -0.4 is 15.4 Å². The van der Waals surface area contributed by atoms with E-state index in [1.165, 1.54) is 4.79 Å². The van der Waals surface area contributed by atoms with Crippen molar-refractivity contribution in [2.24, 2.45) is 0 Å². The fourth-order valence-electron chi connectivity index (χ4n) is 0.596. The summed E-state index contributed by atoms with van der Waals surface area (Å²) in [4.78, 5) is 1.28. The lowest BCUT2D eigenvalue weighted by molar-refractivity contribution is -0.706. The van der Waals surface area contributed by atoms with Gasteiger partial charge in [-0.25, -0.2) is 0 Å². The van der Waals surface area contributed by atoms with Crippen molar-refractivity contribution in [1.82, 2.24) is 5.10 Å². The lowest BCUT2D eigenvalue weighted by Gasteiger charge is -1.93. The monoisotopic (exact) mass is 140 g/mol. The van der Waals surface area contributed by atoms with Crippen LogP contribution in [0.1, 0.15) is 5.69 Å². The van der Waals surface area contributed by atoms with E-state index in [0.29, 0.717) is 5.88 Å². The first-order valence-corrected chi connectivity index (χ1v) is 2.93. The van der Waals surface area contributed by atoms with Gasteiger partial charge in [0.2, 0.25) is 5.69 Å². The van der Waals surface area contributed by atoms with Crippen LogP contribution in [0.25, 0.3) is 0 Å². The van der Waals surface area contributed by atoms with Crippen molar-refractivity contribution in [3.8, 4) is 5.88 Å². The van der Waals surface area contributed by atoms with Crippen LogP contribution in [0, 0.1) is 6.92 Å². The zero-order valence-electron chi connectivity index (χ0n) is 6.03. The van der Waals surface area contributed by atoms with Gasteiger partial charge >= 0.3 is 0 Å². The molecule has 4 nitrogen and oxygen atoms in total. The Morgan fingerprint density at radius 1 is 1.60 bits per heavy atom. The van der Waals surface area contributed by atoms with E-state index in [2.05, 4.69) is 5.10 Å². The van der Waals surface area contributed by atoms with E-state index in [4.69, 9.17) is 10.6 Å². The highest BCUT2D eigenvalue weighted by Gasteiger charge is 2.04. The van der Waals surface area contributed by atoms with Gasteiger partial charge in [0.1, 0.15) is 0 Å². The maximum Gasteiger partial charge on any atom is 0.281 e. The van der Waals surface area contributed by atoms with E-state index >= 15 is 0 Å². The summed E-state index contributed by atoms with van der Waals surface area (Å²) in [5.74, 6) is 5.94. The molecule has 0 amide bonds. The molecular formula is C6H10N3O+. The summed E-state index contributed by atoms with van der Waals surface area (Å²) in [6.07, 6.45) is 0. The molecule has 10 heavy (non-hydrogen) atoms. The second-order valence-corrected chi connectivity index (χ2v) is 1.96. The Morgan fingerprint density at radius 2 is 2.30 bits per heavy atom. The van der Waals surface area contributed by atoms with Gasteiger partial charge in [-0.2, -0.15) is 5.84 Å². The molecule has 1 aromatic heterocycles. The number of nitrogens with zero attached hydrogens (tertiary/aromatic N) is 2. The van der Waals surface area contributed by atoms with Crippen molar-refractivity contribution in [3.05, 3.63) is 17.8 Å². The van der Waals surface area contributed by atoms with E-state index in [-0.39, 0.29) is 0 Å². The van der Waals surface area contributed by atoms with Crippen LogP contribution in [0.5, 0.6) is 5.88 Å². The van der Waals surface area contributed by atoms with Crippen molar-refractivity contribution in [2.45, 2.75) is 6.92 Å². The summed E-state index contributed by atoms with van der Waals surface area (Å²) in [5.41, 5.74) is 0.890. The predicted molar refractivity (Wildman–Crippen MR) is 35.9 cm³/mol. The SMILES string of the molecule is COc1ccc(C)[n+](N)n1. The fraction of sp³-hybridized carbons (Fsp3) is 0.333. The first-order valence-electron chi connectivity index (χ1n) is 2.93. The minimum Gasteiger partial charge on any atom is -0.477 e. The van der Waals surface area contributed by atoms with Gasteiger partial charge in [0.05, 0.1) is 12.2 Å². The first-order chi connectivity index (χ1) is 4.74. The van der Waals surface area contributed by atoms with E-state index < -0.39 is 0 Å². The lowest BCUT2D eigenvalue weighted by Crippen LogP contribution is -2.50. The normalized spacial score (nSPS) is 9.40. The molecule has 1 heterocycles. The number of ether oxygens (including phenoxy) is 1. The molecule has 4 heteroatoms. The van der Waals surface area contributed by atoms with Crippen LogP contribution in [-0.4, -0.2) is 12.2 Å². The second-order valence-electron chi connectivity index (χ2n) is 1.96. The zero-order chi connectivity index (χ0) is 7.56. The molecule has 0 fully saturated rings. The maximum absolute atomic E-state index is 5.42. The molecule has 0 saturated carbocycles. The summed E-state index contributed by atoms with van der Waals surface area (Å²) < 4.78 is 4.84. The number of nitrogens with two attached hydrogens (primary N) is 1. The van der Waals surface area contributed by atoms with Gasteiger partial charge in [-0.05, 0) is 0 Å². The number of aromatic nitrogens is 2. The Bertz CT molecular complexity index is 236. The molecule has 2 N–H and O–H groups in total. The van der Waals surface area contributed by atoms with E-state index in [1.807, 2.05) is 13.0 Å². The average molecular weight is 140 g/mol. The Kier molecular flexibility index (Phi) is 1.71. The lowest BCUT2D eigenvalue weighted by atomic mass is 10.4. The van der Waals surface area contributed by atoms with Crippen molar-refractivity contribution < 1.29 is 9.53 Å². The van der Waals surface area contributed by atoms with Crippen molar-refractivity contribution in [2.75, 3.05) is 13.0 Å². The molecule has 0 saturated heterocycles. The molecule has 0 unspecified atom stereocenters. The van der Waals surface area contributed by atoms with Crippen molar-refractivity contribution >= 4 is 0 Å². The van der Waals surface area contributed by atoms with E-state index in [1.54, 1.807) is 13.2 Å². The van der Waals surface area contributed by atoms with Crippen LogP contribution in [0.4, 0.5) is 0 Å². The number of rotatable bonds is 1. The van der Waals surface area contributed by atoms with Gasteiger partial charge in [0.15, 0.2) is 0 Å². The first kappa shape index (κ1) is 6.80. The van der Waals surface area contributed by atoms with Gasteiger partial charge in [-0.3, -0.25) is 0 Å². The van der Waals surface area contributed by atoms with Gasteiger partial charge < -0.3 is 4.74 Å². The van der Waals surface area contributed by atoms with E-state index in [9.17, 15) is 0 Å². The largest absolute Gasteiger partial charge is 0.477 e. The van der Waals surface area contributed by atoms with Crippen LogP contribution in [-0.2, 0) is 0 Å². The predicted octanol–water partition coefficient (Wildman–Crippen LogP) is -0.600. The summed E-state index contributed by atoms with van der Waals surface area (Å²) in [6, 6.07) is 3.60. The van der Waals surface area contributed by atoms with Crippen molar-refractivity contribution in [1.29, 1.82) is 0 Å². The highest BCUT2D eigenvalue weighted by atomic mass is 16.5. The van der Waals surface area contributed by atoms with Crippen LogP contribution in [0.2, 0.25) is 0 Å². The van der Waals surface area contributed by atoms with Crippen molar-refractivity contribution in [3.63, 3.8) is 0 Å². The Morgan fingerprint density at radius 3 is 2.80 bits per heavy atom. The minimum atomic E-state index is 0.521. The molecule has 0 spiro atoms. The van der Waals surface area contributed by atoms with Gasteiger partial charge in [0, 0.05) is 23.8 Å². The molecule has 1 aromatic rings. The number of hydrogen-bond acceptors (Lipinski definition) is 3. The molecule has 1 rings (SSSR count). The number of hydrogen-bond donors (Lipinski definition) is 1. The molecule has 0 aliphatic rings. The average Bonchev–Trinajstić information content (AvgIpc) is 1.95. The topological polar surface area (TPSA) is 52.0 Å². The highest BCUT2D eigenvalue weighted by Crippen LogP contribution is 1.99. The third-order valence-corrected chi connectivity index (χ3v) is 1.24. The molecule has 0 radical (unpaired) electrons. The Balaban J connectivity index is 3.04. The fourth-order valence-corrected chi connectivity index (χ4v) is 0.596. The second kappa shape index (κ2) is 2.51. The Labute approximate surface area is 59.2 Å². The zero-order valence-corrected chi connectivity index (χ0v) is 6.03. The van der Waals surface area contributed by atoms with Crippen LogP contribution >= 0.6 is 0 Å². The summed E-state index contributed by atoms with van der Waals surface area (Å²) in [6.45, 7) is 1.87.